The van der Waals surface area contributed by atoms with Crippen LogP contribution in [0.3, 0.4) is 0 Å². The van der Waals surface area contributed by atoms with Crippen LogP contribution in [-0.2, 0) is 4.74 Å². The molecule has 0 aliphatic rings. The molecule has 0 atom stereocenters. The number of hydrogen-bond donors (Lipinski definition) is 1. The van der Waals surface area contributed by atoms with Crippen molar-refractivity contribution in [1.82, 2.24) is 9.97 Å². The summed E-state index contributed by atoms with van der Waals surface area (Å²) in [6.45, 7) is 4.18. The Hall–Kier alpha value is -3.14. The second kappa shape index (κ2) is 6.06. The number of nitrogens with one attached hydrogen (secondary N) is 1. The zero-order valence-corrected chi connectivity index (χ0v) is 14.2. The topological polar surface area (TPSA) is 55.0 Å². The zero-order chi connectivity index (χ0) is 17.4. The number of aromatic amines is 1. The molecule has 2 aromatic heterocycles. The molecule has 0 spiro atoms. The van der Waals surface area contributed by atoms with Gasteiger partial charge in [0.1, 0.15) is 5.69 Å². The van der Waals surface area contributed by atoms with Gasteiger partial charge in [0, 0.05) is 21.9 Å². The quantitative estimate of drug-likeness (QED) is 0.545. The van der Waals surface area contributed by atoms with E-state index in [1.54, 1.807) is 6.92 Å². The van der Waals surface area contributed by atoms with Gasteiger partial charge in [0.2, 0.25) is 0 Å². The summed E-state index contributed by atoms with van der Waals surface area (Å²) in [6, 6.07) is 17.9. The Labute approximate surface area is 145 Å². The Morgan fingerprint density at radius 2 is 1.88 bits per heavy atom. The number of aromatic nitrogens is 2. The van der Waals surface area contributed by atoms with E-state index in [1.165, 1.54) is 5.56 Å². The molecule has 2 aromatic carbocycles. The van der Waals surface area contributed by atoms with Gasteiger partial charge in [0.15, 0.2) is 0 Å². The SMILES string of the molecule is CCOC(=O)c1cc2c([nH]c3ccc(C)cc32)c(-c2ccccc2)n1. The van der Waals surface area contributed by atoms with E-state index in [-0.39, 0.29) is 0 Å². The maximum atomic E-state index is 12.3. The minimum absolute atomic E-state index is 0.326. The van der Waals surface area contributed by atoms with Gasteiger partial charge in [-0.1, -0.05) is 42.0 Å². The summed E-state index contributed by atoms with van der Waals surface area (Å²) in [5, 5.41) is 2.07. The van der Waals surface area contributed by atoms with Gasteiger partial charge in [-0.3, -0.25) is 0 Å². The number of nitrogens with zero attached hydrogens (tertiary/aromatic N) is 1. The van der Waals surface area contributed by atoms with Gasteiger partial charge < -0.3 is 9.72 Å². The Balaban J connectivity index is 2.07. The molecule has 4 nitrogen and oxygen atoms in total. The van der Waals surface area contributed by atoms with Crippen molar-refractivity contribution in [1.29, 1.82) is 0 Å². The molecule has 0 fully saturated rings. The summed E-state index contributed by atoms with van der Waals surface area (Å²) in [5.41, 5.74) is 5.18. The highest BCUT2D eigenvalue weighted by Gasteiger charge is 2.17. The van der Waals surface area contributed by atoms with Crippen LogP contribution in [-0.4, -0.2) is 22.5 Å². The lowest BCUT2D eigenvalue weighted by atomic mass is 10.1. The number of esters is 1. The summed E-state index contributed by atoms with van der Waals surface area (Å²) < 4.78 is 5.17. The molecule has 124 valence electrons. The minimum Gasteiger partial charge on any atom is -0.461 e. The van der Waals surface area contributed by atoms with E-state index in [9.17, 15) is 4.79 Å². The maximum Gasteiger partial charge on any atom is 0.356 e. The van der Waals surface area contributed by atoms with Gasteiger partial charge in [-0.15, -0.1) is 0 Å². The number of ether oxygens (including phenoxy) is 1. The maximum absolute atomic E-state index is 12.3. The van der Waals surface area contributed by atoms with Crippen LogP contribution in [0, 0.1) is 6.92 Å². The first-order valence-electron chi connectivity index (χ1n) is 8.33. The number of carbonyl (C=O) groups excluding carboxylic acids is 1. The van der Waals surface area contributed by atoms with Crippen molar-refractivity contribution in [3.8, 4) is 11.3 Å². The number of pyridine rings is 1. The van der Waals surface area contributed by atoms with E-state index < -0.39 is 5.97 Å². The fraction of sp³-hybridized carbons (Fsp3) is 0.143. The Bertz CT molecular complexity index is 1080. The fourth-order valence-corrected chi connectivity index (χ4v) is 3.12. The van der Waals surface area contributed by atoms with Gasteiger partial charge in [0.25, 0.3) is 0 Å². The second-order valence-electron chi connectivity index (χ2n) is 6.04. The normalized spacial score (nSPS) is 11.1. The predicted molar refractivity (Wildman–Crippen MR) is 99.7 cm³/mol. The van der Waals surface area contributed by atoms with Gasteiger partial charge in [-0.05, 0) is 32.0 Å². The molecule has 0 saturated carbocycles. The molecule has 0 bridgehead atoms. The molecule has 0 saturated heterocycles. The smallest absolute Gasteiger partial charge is 0.356 e. The van der Waals surface area contributed by atoms with Crippen LogP contribution < -0.4 is 0 Å². The molecule has 4 rings (SSSR count). The van der Waals surface area contributed by atoms with Gasteiger partial charge in [-0.2, -0.15) is 0 Å². The van der Waals surface area contributed by atoms with Crippen LogP contribution in [0.25, 0.3) is 33.1 Å². The van der Waals surface area contributed by atoms with Crippen molar-refractivity contribution < 1.29 is 9.53 Å². The first kappa shape index (κ1) is 15.4. The van der Waals surface area contributed by atoms with E-state index in [0.717, 1.165) is 33.1 Å². The summed E-state index contributed by atoms with van der Waals surface area (Å²) >= 11 is 0. The molecule has 0 unspecified atom stereocenters. The third kappa shape index (κ3) is 2.66. The number of benzene rings is 2. The average Bonchev–Trinajstić information content (AvgIpc) is 3.00. The number of fused-ring (bicyclic) bond motifs is 3. The lowest BCUT2D eigenvalue weighted by molar-refractivity contribution is 0.0520. The molecule has 0 aliphatic carbocycles. The third-order valence-corrected chi connectivity index (χ3v) is 4.28. The first-order chi connectivity index (χ1) is 12.2. The summed E-state index contributed by atoms with van der Waals surface area (Å²) in [4.78, 5) is 20.4. The second-order valence-corrected chi connectivity index (χ2v) is 6.04. The summed E-state index contributed by atoms with van der Waals surface area (Å²) in [5.74, 6) is -0.399. The van der Waals surface area contributed by atoms with Crippen LogP contribution in [0.1, 0.15) is 23.0 Å². The van der Waals surface area contributed by atoms with Crippen molar-refractivity contribution in [2.45, 2.75) is 13.8 Å². The molecule has 1 N–H and O–H groups in total. The Morgan fingerprint density at radius 1 is 1.08 bits per heavy atom. The largest absolute Gasteiger partial charge is 0.461 e. The van der Waals surface area contributed by atoms with Gasteiger partial charge in [0.05, 0.1) is 17.8 Å². The molecular weight excluding hydrogens is 312 g/mol. The molecule has 0 radical (unpaired) electrons. The number of rotatable bonds is 3. The number of H-pyrrole nitrogens is 1. The van der Waals surface area contributed by atoms with Crippen LogP contribution >= 0.6 is 0 Å². The Morgan fingerprint density at radius 3 is 2.64 bits per heavy atom. The predicted octanol–water partition coefficient (Wildman–Crippen LogP) is 4.87. The van der Waals surface area contributed by atoms with Crippen LogP contribution in [0.5, 0.6) is 0 Å². The van der Waals surface area contributed by atoms with E-state index in [0.29, 0.717) is 12.3 Å². The molecule has 0 aliphatic heterocycles. The fourth-order valence-electron chi connectivity index (χ4n) is 3.12. The molecule has 4 aromatic rings. The Kier molecular flexibility index (Phi) is 3.73. The number of aryl methyl sites for hydroxylation is 1. The van der Waals surface area contributed by atoms with E-state index in [4.69, 9.17) is 4.74 Å². The highest BCUT2D eigenvalue weighted by molar-refractivity contribution is 6.12. The van der Waals surface area contributed by atoms with Crippen molar-refractivity contribution >= 4 is 27.8 Å². The molecule has 4 heteroatoms. The zero-order valence-electron chi connectivity index (χ0n) is 14.2. The first-order valence-corrected chi connectivity index (χ1v) is 8.33. The van der Waals surface area contributed by atoms with Crippen LogP contribution in [0.15, 0.2) is 54.6 Å². The molecule has 0 amide bonds. The van der Waals surface area contributed by atoms with E-state index >= 15 is 0 Å². The molecule has 2 heterocycles. The number of hydrogen-bond acceptors (Lipinski definition) is 3. The van der Waals surface area contributed by atoms with Crippen LogP contribution in [0.4, 0.5) is 0 Å². The summed E-state index contributed by atoms with van der Waals surface area (Å²) in [7, 11) is 0. The number of carbonyl (C=O) groups is 1. The lowest BCUT2D eigenvalue weighted by Gasteiger charge is -2.07. The van der Waals surface area contributed by atoms with Gasteiger partial charge in [-0.25, -0.2) is 9.78 Å². The van der Waals surface area contributed by atoms with Crippen LogP contribution in [0.2, 0.25) is 0 Å². The molecular formula is C21H18N2O2. The monoisotopic (exact) mass is 330 g/mol. The van der Waals surface area contributed by atoms with Crippen molar-refractivity contribution in [3.05, 3.63) is 65.9 Å². The van der Waals surface area contributed by atoms with Crippen molar-refractivity contribution in [2.75, 3.05) is 6.61 Å². The average molecular weight is 330 g/mol. The van der Waals surface area contributed by atoms with Crippen molar-refractivity contribution in [3.63, 3.8) is 0 Å². The van der Waals surface area contributed by atoms with Crippen molar-refractivity contribution in [2.24, 2.45) is 0 Å². The minimum atomic E-state index is -0.399. The third-order valence-electron chi connectivity index (χ3n) is 4.28. The summed E-state index contributed by atoms with van der Waals surface area (Å²) in [6.07, 6.45) is 0. The van der Waals surface area contributed by atoms with E-state index in [2.05, 4.69) is 35.1 Å². The van der Waals surface area contributed by atoms with E-state index in [1.807, 2.05) is 36.4 Å². The lowest BCUT2D eigenvalue weighted by Crippen LogP contribution is -2.07. The standard InChI is InChI=1S/C21H18N2O2/c1-3-25-21(24)18-12-16-15-11-13(2)9-10-17(15)22-20(16)19(23-18)14-7-5-4-6-8-14/h4-12,22H,3H2,1-2H3. The highest BCUT2D eigenvalue weighted by Crippen LogP contribution is 2.33. The van der Waals surface area contributed by atoms with Gasteiger partial charge >= 0.3 is 5.97 Å². The highest BCUT2D eigenvalue weighted by atomic mass is 16.5. The molecule has 25 heavy (non-hydrogen) atoms.